The van der Waals surface area contributed by atoms with Gasteiger partial charge in [-0.2, -0.15) is 11.8 Å². The molecule has 90 valence electrons. The largest absolute Gasteiger partial charge is 0.309 e. The Balaban J connectivity index is 2.38. The van der Waals surface area contributed by atoms with Crippen molar-refractivity contribution in [2.75, 3.05) is 25.9 Å². The Labute approximate surface area is 99.2 Å². The van der Waals surface area contributed by atoms with Crippen LogP contribution in [0, 0.1) is 0 Å². The Kier molecular flexibility index (Phi) is 4.94. The number of nitrogens with one attached hydrogen (secondary N) is 1. The highest BCUT2D eigenvalue weighted by Gasteiger charge is 2.29. The number of hydrogen-bond acceptors (Lipinski definition) is 3. The van der Waals surface area contributed by atoms with E-state index in [1.807, 2.05) is 11.8 Å². The fraction of sp³-hybridized carbons (Fsp3) is 1.00. The van der Waals surface area contributed by atoms with E-state index < -0.39 is 0 Å². The summed E-state index contributed by atoms with van der Waals surface area (Å²) < 4.78 is 0. The summed E-state index contributed by atoms with van der Waals surface area (Å²) in [6.45, 7) is 12.8. The molecule has 1 aliphatic rings. The normalized spacial score (nSPS) is 29.0. The van der Waals surface area contributed by atoms with Crippen LogP contribution >= 0.6 is 11.8 Å². The quantitative estimate of drug-likeness (QED) is 0.797. The minimum Gasteiger partial charge on any atom is -0.309 e. The molecule has 0 saturated carbocycles. The maximum absolute atomic E-state index is 3.59. The number of piperazine rings is 1. The van der Waals surface area contributed by atoms with Crippen molar-refractivity contribution in [3.8, 4) is 0 Å². The molecule has 2 atom stereocenters. The highest BCUT2D eigenvalue weighted by atomic mass is 32.2. The van der Waals surface area contributed by atoms with Gasteiger partial charge in [-0.1, -0.05) is 6.92 Å². The lowest BCUT2D eigenvalue weighted by molar-refractivity contribution is 0.104. The van der Waals surface area contributed by atoms with E-state index >= 15 is 0 Å². The van der Waals surface area contributed by atoms with Gasteiger partial charge in [-0.05, 0) is 40.0 Å². The molecule has 0 bridgehead atoms. The van der Waals surface area contributed by atoms with Crippen LogP contribution in [0.15, 0.2) is 0 Å². The molecule has 2 nitrogen and oxygen atoms in total. The summed E-state index contributed by atoms with van der Waals surface area (Å²) in [7, 11) is 0. The van der Waals surface area contributed by atoms with Crippen LogP contribution < -0.4 is 5.32 Å². The molecular weight excluding hydrogens is 204 g/mol. The van der Waals surface area contributed by atoms with Gasteiger partial charge < -0.3 is 5.32 Å². The second-order valence-electron chi connectivity index (χ2n) is 5.42. The maximum atomic E-state index is 3.59. The Morgan fingerprint density at radius 1 is 1.53 bits per heavy atom. The first kappa shape index (κ1) is 13.3. The lowest BCUT2D eigenvalue weighted by Gasteiger charge is -2.43. The lowest BCUT2D eigenvalue weighted by Crippen LogP contribution is -2.60. The summed E-state index contributed by atoms with van der Waals surface area (Å²) in [4.78, 5) is 2.63. The van der Waals surface area contributed by atoms with Gasteiger partial charge in [0.2, 0.25) is 0 Å². The molecule has 1 aliphatic heterocycles. The summed E-state index contributed by atoms with van der Waals surface area (Å²) in [6, 6.07) is 0.687. The van der Waals surface area contributed by atoms with Crippen LogP contribution in [0.3, 0.4) is 0 Å². The molecule has 1 rings (SSSR count). The van der Waals surface area contributed by atoms with E-state index in [4.69, 9.17) is 0 Å². The number of rotatable bonds is 4. The van der Waals surface area contributed by atoms with E-state index in [1.165, 1.54) is 19.5 Å². The smallest absolute Gasteiger partial charge is 0.0252 e. The van der Waals surface area contributed by atoms with Crippen molar-refractivity contribution in [2.45, 2.75) is 50.9 Å². The third-order valence-corrected chi connectivity index (χ3v) is 4.36. The van der Waals surface area contributed by atoms with Crippen LogP contribution in [0.1, 0.15) is 34.1 Å². The van der Waals surface area contributed by atoms with Crippen molar-refractivity contribution in [3.63, 3.8) is 0 Å². The zero-order valence-corrected chi connectivity index (χ0v) is 11.7. The van der Waals surface area contributed by atoms with Crippen LogP contribution in [-0.2, 0) is 0 Å². The first-order valence-electron chi connectivity index (χ1n) is 5.96. The first-order valence-corrected chi connectivity index (χ1v) is 7.25. The molecule has 1 N–H and O–H groups in total. The fourth-order valence-corrected chi connectivity index (χ4v) is 2.38. The molecule has 0 radical (unpaired) electrons. The highest BCUT2D eigenvalue weighted by molar-refractivity contribution is 7.99. The van der Waals surface area contributed by atoms with Crippen molar-refractivity contribution in [3.05, 3.63) is 0 Å². The van der Waals surface area contributed by atoms with Crippen LogP contribution in [0.2, 0.25) is 0 Å². The maximum Gasteiger partial charge on any atom is 0.0252 e. The average molecular weight is 230 g/mol. The molecular formula is C12H26N2S. The number of hydrogen-bond donors (Lipinski definition) is 1. The van der Waals surface area contributed by atoms with E-state index in [0.29, 0.717) is 6.04 Å². The molecule has 2 unspecified atom stereocenters. The SMILES string of the molecule is CSC(C)CCN1CC(C)(C)NCC1C. The molecule has 0 aromatic rings. The molecule has 3 heteroatoms. The Morgan fingerprint density at radius 3 is 2.80 bits per heavy atom. The molecule has 0 aromatic heterocycles. The zero-order valence-electron chi connectivity index (χ0n) is 10.8. The second kappa shape index (κ2) is 5.55. The Hall–Kier alpha value is 0.270. The second-order valence-corrected chi connectivity index (χ2v) is 6.70. The van der Waals surface area contributed by atoms with Crippen molar-refractivity contribution in [1.82, 2.24) is 10.2 Å². The van der Waals surface area contributed by atoms with E-state index in [-0.39, 0.29) is 5.54 Å². The monoisotopic (exact) mass is 230 g/mol. The molecule has 0 aromatic carbocycles. The van der Waals surface area contributed by atoms with Crippen molar-refractivity contribution in [2.24, 2.45) is 0 Å². The Morgan fingerprint density at radius 2 is 2.20 bits per heavy atom. The minimum absolute atomic E-state index is 0.287. The van der Waals surface area contributed by atoms with E-state index in [0.717, 1.165) is 11.8 Å². The van der Waals surface area contributed by atoms with Gasteiger partial charge in [0.25, 0.3) is 0 Å². The summed E-state index contributed by atoms with van der Waals surface area (Å²) in [5, 5.41) is 4.38. The summed E-state index contributed by atoms with van der Waals surface area (Å²) in [6.07, 6.45) is 3.51. The number of nitrogens with zero attached hydrogens (tertiary/aromatic N) is 1. The van der Waals surface area contributed by atoms with E-state index in [9.17, 15) is 0 Å². The summed E-state index contributed by atoms with van der Waals surface area (Å²) in [5.74, 6) is 0. The fourth-order valence-electron chi connectivity index (χ4n) is 2.04. The average Bonchev–Trinajstić information content (AvgIpc) is 2.19. The molecule has 1 heterocycles. The molecule has 15 heavy (non-hydrogen) atoms. The third-order valence-electron chi connectivity index (χ3n) is 3.32. The van der Waals surface area contributed by atoms with Crippen LogP contribution in [-0.4, -0.2) is 47.6 Å². The molecule has 0 amide bonds. The van der Waals surface area contributed by atoms with Gasteiger partial charge in [-0.15, -0.1) is 0 Å². The summed E-state index contributed by atoms with van der Waals surface area (Å²) >= 11 is 1.97. The van der Waals surface area contributed by atoms with Crippen LogP contribution in [0.5, 0.6) is 0 Å². The van der Waals surface area contributed by atoms with Gasteiger partial charge in [-0.3, -0.25) is 4.90 Å². The number of thioether (sulfide) groups is 1. The van der Waals surface area contributed by atoms with E-state index in [2.05, 4.69) is 44.2 Å². The van der Waals surface area contributed by atoms with Gasteiger partial charge in [0, 0.05) is 29.9 Å². The van der Waals surface area contributed by atoms with E-state index in [1.54, 1.807) is 0 Å². The van der Waals surface area contributed by atoms with Gasteiger partial charge in [0.15, 0.2) is 0 Å². The van der Waals surface area contributed by atoms with Crippen LogP contribution in [0.4, 0.5) is 0 Å². The minimum atomic E-state index is 0.287. The van der Waals surface area contributed by atoms with Gasteiger partial charge in [0.1, 0.15) is 0 Å². The standard InChI is InChI=1S/C12H26N2S/c1-10-8-13-12(3,4)9-14(10)7-6-11(2)15-5/h10-11,13H,6-9H2,1-5H3. The molecule has 0 spiro atoms. The highest BCUT2D eigenvalue weighted by Crippen LogP contribution is 2.17. The van der Waals surface area contributed by atoms with Crippen LogP contribution in [0.25, 0.3) is 0 Å². The summed E-state index contributed by atoms with van der Waals surface area (Å²) in [5.41, 5.74) is 0.287. The predicted molar refractivity (Wildman–Crippen MR) is 70.7 cm³/mol. The first-order chi connectivity index (χ1) is 6.94. The molecule has 1 fully saturated rings. The molecule has 1 saturated heterocycles. The van der Waals surface area contributed by atoms with Crippen molar-refractivity contribution in [1.29, 1.82) is 0 Å². The van der Waals surface area contributed by atoms with Crippen molar-refractivity contribution >= 4 is 11.8 Å². The van der Waals surface area contributed by atoms with Gasteiger partial charge >= 0.3 is 0 Å². The predicted octanol–water partition coefficient (Wildman–Crippen LogP) is 2.20. The van der Waals surface area contributed by atoms with Crippen molar-refractivity contribution < 1.29 is 0 Å². The third kappa shape index (κ3) is 4.33. The lowest BCUT2D eigenvalue weighted by atomic mass is 9.99. The molecule has 0 aliphatic carbocycles. The van der Waals surface area contributed by atoms with Gasteiger partial charge in [0.05, 0.1) is 0 Å². The van der Waals surface area contributed by atoms with Gasteiger partial charge in [-0.25, -0.2) is 0 Å². The zero-order chi connectivity index (χ0) is 11.5. The Bertz CT molecular complexity index is 194. The topological polar surface area (TPSA) is 15.3 Å².